The molecular weight excluding hydrogens is 204 g/mol. The molecule has 0 aromatic carbocycles. The van der Waals surface area contributed by atoms with Crippen LogP contribution in [0.15, 0.2) is 12.7 Å². The van der Waals surface area contributed by atoms with Crippen molar-refractivity contribution in [2.45, 2.75) is 12.8 Å². The van der Waals surface area contributed by atoms with Crippen LogP contribution in [-0.2, 0) is 23.9 Å². The van der Waals surface area contributed by atoms with E-state index in [1.807, 2.05) is 0 Å². The predicted octanol–water partition coefficient (Wildman–Crippen LogP) is 0.124. The number of carbonyl (C=O) groups is 3. The van der Waals surface area contributed by atoms with Crippen LogP contribution in [0.3, 0.4) is 0 Å². The summed E-state index contributed by atoms with van der Waals surface area (Å²) in [5.74, 6) is -2.59. The molecule has 0 aliphatic heterocycles. The summed E-state index contributed by atoms with van der Waals surface area (Å²) in [4.78, 5) is 31.3. The second kappa shape index (κ2) is 7.54. The minimum absolute atomic E-state index is 0.0243. The molecule has 0 aromatic rings. The Hall–Kier alpha value is -1.85. The third-order valence-corrected chi connectivity index (χ3v) is 1.26. The molecule has 15 heavy (non-hydrogen) atoms. The fourth-order valence-electron chi connectivity index (χ4n) is 0.651. The Labute approximate surface area is 86.5 Å². The van der Waals surface area contributed by atoms with Gasteiger partial charge in [0, 0.05) is 12.5 Å². The summed E-state index contributed by atoms with van der Waals surface area (Å²) in [7, 11) is 0. The highest BCUT2D eigenvalue weighted by atomic mass is 16.5. The minimum atomic E-state index is -1.24. The standard InChI is InChI=1S/C9H12O6/c1-2-8(12)14-4-3-5-15-9(13)6-7(10)11/h2H,1,3-6H2,(H,10,11). The van der Waals surface area contributed by atoms with Crippen molar-refractivity contribution in [2.24, 2.45) is 0 Å². The molecule has 0 aliphatic rings. The van der Waals surface area contributed by atoms with Gasteiger partial charge in [-0.25, -0.2) is 4.79 Å². The molecule has 6 heteroatoms. The lowest BCUT2D eigenvalue weighted by Gasteiger charge is -2.03. The van der Waals surface area contributed by atoms with Crippen LogP contribution in [0.1, 0.15) is 12.8 Å². The van der Waals surface area contributed by atoms with Crippen LogP contribution in [0, 0.1) is 0 Å². The van der Waals surface area contributed by atoms with Gasteiger partial charge in [0.25, 0.3) is 0 Å². The number of carbonyl (C=O) groups excluding carboxylic acids is 2. The Morgan fingerprint density at radius 2 is 1.80 bits per heavy atom. The van der Waals surface area contributed by atoms with Crippen molar-refractivity contribution in [3.8, 4) is 0 Å². The van der Waals surface area contributed by atoms with Gasteiger partial charge in [0.1, 0.15) is 6.42 Å². The maximum absolute atomic E-state index is 10.7. The summed E-state index contributed by atoms with van der Waals surface area (Å²) in [5, 5.41) is 8.21. The van der Waals surface area contributed by atoms with Crippen molar-refractivity contribution >= 4 is 17.9 Å². The lowest BCUT2D eigenvalue weighted by atomic mass is 10.4. The summed E-state index contributed by atoms with van der Waals surface area (Å²) >= 11 is 0. The molecule has 1 N–H and O–H groups in total. The quantitative estimate of drug-likeness (QED) is 0.281. The van der Waals surface area contributed by atoms with Crippen LogP contribution in [-0.4, -0.2) is 36.2 Å². The number of rotatable bonds is 7. The highest BCUT2D eigenvalue weighted by Crippen LogP contribution is 1.90. The van der Waals surface area contributed by atoms with Gasteiger partial charge in [-0.1, -0.05) is 6.58 Å². The monoisotopic (exact) mass is 216 g/mol. The number of aliphatic carboxylic acids is 1. The summed E-state index contributed by atoms with van der Waals surface area (Å²) in [6.07, 6.45) is 0.688. The molecular formula is C9H12O6. The third kappa shape index (κ3) is 8.48. The van der Waals surface area contributed by atoms with Gasteiger partial charge in [0.05, 0.1) is 13.2 Å². The van der Waals surface area contributed by atoms with Crippen molar-refractivity contribution in [2.75, 3.05) is 13.2 Å². The maximum Gasteiger partial charge on any atom is 0.330 e. The average molecular weight is 216 g/mol. The van der Waals surface area contributed by atoms with Gasteiger partial charge in [0.15, 0.2) is 0 Å². The van der Waals surface area contributed by atoms with Crippen LogP contribution < -0.4 is 0 Å². The van der Waals surface area contributed by atoms with Crippen molar-refractivity contribution < 1.29 is 29.0 Å². The van der Waals surface area contributed by atoms with Crippen LogP contribution in [0.4, 0.5) is 0 Å². The van der Waals surface area contributed by atoms with Crippen LogP contribution >= 0.6 is 0 Å². The van der Waals surface area contributed by atoms with E-state index in [-0.39, 0.29) is 13.2 Å². The fourth-order valence-corrected chi connectivity index (χ4v) is 0.651. The van der Waals surface area contributed by atoms with Gasteiger partial charge < -0.3 is 14.6 Å². The van der Waals surface area contributed by atoms with Crippen LogP contribution in [0.5, 0.6) is 0 Å². The summed E-state index contributed by atoms with van der Waals surface area (Å²) in [6.45, 7) is 3.32. The van der Waals surface area contributed by atoms with Crippen molar-refractivity contribution in [3.63, 3.8) is 0 Å². The number of hydrogen-bond donors (Lipinski definition) is 1. The van der Waals surface area contributed by atoms with Crippen molar-refractivity contribution in [3.05, 3.63) is 12.7 Å². The van der Waals surface area contributed by atoms with Gasteiger partial charge >= 0.3 is 17.9 Å². The lowest BCUT2D eigenvalue weighted by Crippen LogP contribution is -2.12. The summed E-state index contributed by atoms with van der Waals surface area (Å²) < 4.78 is 9.12. The Morgan fingerprint density at radius 3 is 2.33 bits per heavy atom. The zero-order valence-corrected chi connectivity index (χ0v) is 8.10. The van der Waals surface area contributed by atoms with Gasteiger partial charge in [0.2, 0.25) is 0 Å². The summed E-state index contributed by atoms with van der Waals surface area (Å²) in [6, 6.07) is 0. The van der Waals surface area contributed by atoms with E-state index in [2.05, 4.69) is 16.1 Å². The second-order valence-electron chi connectivity index (χ2n) is 2.52. The van der Waals surface area contributed by atoms with Gasteiger partial charge in [-0.15, -0.1) is 0 Å². The molecule has 6 nitrogen and oxygen atoms in total. The maximum atomic E-state index is 10.7. The average Bonchev–Trinajstić information content (AvgIpc) is 2.15. The smallest absolute Gasteiger partial charge is 0.330 e. The van der Waals surface area contributed by atoms with E-state index in [1.54, 1.807) is 0 Å². The van der Waals surface area contributed by atoms with E-state index in [4.69, 9.17) is 5.11 Å². The molecule has 0 heterocycles. The number of hydrogen-bond acceptors (Lipinski definition) is 5. The largest absolute Gasteiger partial charge is 0.481 e. The number of carboxylic acid groups (broad SMARTS) is 1. The first-order valence-electron chi connectivity index (χ1n) is 4.23. The topological polar surface area (TPSA) is 89.9 Å². The Morgan fingerprint density at radius 1 is 1.20 bits per heavy atom. The summed E-state index contributed by atoms with van der Waals surface area (Å²) in [5.41, 5.74) is 0. The Kier molecular flexibility index (Phi) is 6.61. The molecule has 0 amide bonds. The Bertz CT molecular complexity index is 257. The van der Waals surface area contributed by atoms with Crippen LogP contribution in [0.25, 0.3) is 0 Å². The lowest BCUT2D eigenvalue weighted by molar-refractivity contribution is -0.151. The first kappa shape index (κ1) is 13.2. The normalized spacial score (nSPS) is 9.07. The predicted molar refractivity (Wildman–Crippen MR) is 49.0 cm³/mol. The van der Waals surface area contributed by atoms with Gasteiger partial charge in [-0.3, -0.25) is 9.59 Å². The number of carboxylic acids is 1. The van der Waals surface area contributed by atoms with E-state index in [0.717, 1.165) is 6.08 Å². The van der Waals surface area contributed by atoms with Crippen molar-refractivity contribution in [1.82, 2.24) is 0 Å². The highest BCUT2D eigenvalue weighted by molar-refractivity contribution is 5.90. The van der Waals surface area contributed by atoms with Gasteiger partial charge in [-0.05, 0) is 0 Å². The zero-order valence-electron chi connectivity index (χ0n) is 8.10. The van der Waals surface area contributed by atoms with E-state index in [0.29, 0.717) is 6.42 Å². The minimum Gasteiger partial charge on any atom is -0.481 e. The van der Waals surface area contributed by atoms with E-state index >= 15 is 0 Å². The molecule has 0 spiro atoms. The molecule has 0 atom stereocenters. The molecule has 0 rings (SSSR count). The highest BCUT2D eigenvalue weighted by Gasteiger charge is 2.08. The number of esters is 2. The van der Waals surface area contributed by atoms with Crippen LogP contribution in [0.2, 0.25) is 0 Å². The van der Waals surface area contributed by atoms with E-state index in [1.165, 1.54) is 0 Å². The zero-order chi connectivity index (χ0) is 11.7. The SMILES string of the molecule is C=CC(=O)OCCCOC(=O)CC(=O)O. The molecule has 0 bridgehead atoms. The molecule has 0 unspecified atom stereocenters. The third-order valence-electron chi connectivity index (χ3n) is 1.26. The molecule has 84 valence electrons. The fraction of sp³-hybridized carbons (Fsp3) is 0.444. The number of ether oxygens (including phenoxy) is 2. The molecule has 0 aromatic heterocycles. The first-order valence-corrected chi connectivity index (χ1v) is 4.23. The first-order chi connectivity index (χ1) is 7.06. The van der Waals surface area contributed by atoms with E-state index in [9.17, 15) is 14.4 Å². The molecule has 0 saturated heterocycles. The van der Waals surface area contributed by atoms with Gasteiger partial charge in [-0.2, -0.15) is 0 Å². The molecule has 0 radical (unpaired) electrons. The molecule has 0 saturated carbocycles. The molecule has 0 aliphatic carbocycles. The Balaban J connectivity index is 3.38. The molecule has 0 fully saturated rings. The second-order valence-corrected chi connectivity index (χ2v) is 2.52. The van der Waals surface area contributed by atoms with Crippen molar-refractivity contribution in [1.29, 1.82) is 0 Å². The van der Waals surface area contributed by atoms with E-state index < -0.39 is 24.3 Å².